The highest BCUT2D eigenvalue weighted by molar-refractivity contribution is 7.92. The van der Waals surface area contributed by atoms with Crippen molar-refractivity contribution in [2.75, 3.05) is 10.0 Å². The van der Waals surface area contributed by atoms with Gasteiger partial charge in [0.25, 0.3) is 15.9 Å². The van der Waals surface area contributed by atoms with Gasteiger partial charge >= 0.3 is 0 Å². The summed E-state index contributed by atoms with van der Waals surface area (Å²) >= 11 is 6.17. The fraction of sp³-hybridized carbons (Fsp3) is 0.174. The number of sulfonamides is 1. The topological polar surface area (TPSA) is 75.3 Å². The summed E-state index contributed by atoms with van der Waals surface area (Å²) in [6, 6.07) is 15.4. The van der Waals surface area contributed by atoms with Crippen molar-refractivity contribution < 1.29 is 13.2 Å². The van der Waals surface area contributed by atoms with E-state index >= 15 is 0 Å². The second-order valence-electron chi connectivity index (χ2n) is 7.34. The number of carbonyl (C=O) groups is 1. The lowest BCUT2D eigenvalue weighted by Crippen LogP contribution is -2.17. The first-order valence-corrected chi connectivity index (χ1v) is 11.2. The van der Waals surface area contributed by atoms with Gasteiger partial charge in [-0.25, -0.2) is 8.42 Å². The molecule has 0 aromatic heterocycles. The van der Waals surface area contributed by atoms with Gasteiger partial charge in [0.1, 0.15) is 4.90 Å². The lowest BCUT2D eigenvalue weighted by atomic mass is 10.1. The quantitative estimate of drug-likeness (QED) is 0.537. The number of nitrogens with one attached hydrogen (secondary N) is 2. The van der Waals surface area contributed by atoms with Crippen LogP contribution in [0.4, 0.5) is 11.4 Å². The number of carbonyl (C=O) groups excluding carboxylic acids is 1. The molecular formula is C23H23ClN2O3S. The van der Waals surface area contributed by atoms with Gasteiger partial charge in [-0.2, -0.15) is 0 Å². The van der Waals surface area contributed by atoms with Crippen molar-refractivity contribution in [3.05, 3.63) is 87.4 Å². The number of hydrogen-bond donors (Lipinski definition) is 2. The van der Waals surface area contributed by atoms with Gasteiger partial charge in [-0.3, -0.25) is 9.52 Å². The van der Waals surface area contributed by atoms with Crippen LogP contribution >= 0.6 is 11.6 Å². The maximum atomic E-state index is 13.0. The van der Waals surface area contributed by atoms with Crippen LogP contribution < -0.4 is 10.0 Å². The predicted molar refractivity (Wildman–Crippen MR) is 122 cm³/mol. The first kappa shape index (κ1) is 21.9. The summed E-state index contributed by atoms with van der Waals surface area (Å²) in [6.45, 7) is 7.56. The monoisotopic (exact) mass is 442 g/mol. The smallest absolute Gasteiger partial charge is 0.263 e. The van der Waals surface area contributed by atoms with Gasteiger partial charge < -0.3 is 5.32 Å². The van der Waals surface area contributed by atoms with Crippen LogP contribution in [0.1, 0.15) is 32.6 Å². The van der Waals surface area contributed by atoms with Crippen molar-refractivity contribution in [3.63, 3.8) is 0 Å². The number of aryl methyl sites for hydroxylation is 4. The molecular weight excluding hydrogens is 420 g/mol. The minimum absolute atomic E-state index is 0.0378. The standard InChI is InChI=1S/C23H23ClN2O3S/c1-14-6-10-20(17(4)11-14)25-23(27)18-8-9-19(24)22(13-18)30(28,29)26-21-12-15(2)5-7-16(21)3/h5-13,26H,1-4H3,(H,25,27). The van der Waals surface area contributed by atoms with Gasteiger partial charge in [0, 0.05) is 11.3 Å². The molecule has 3 aromatic rings. The highest BCUT2D eigenvalue weighted by Gasteiger charge is 2.21. The van der Waals surface area contributed by atoms with Crippen molar-refractivity contribution in [2.45, 2.75) is 32.6 Å². The van der Waals surface area contributed by atoms with Crippen LogP contribution in [0.3, 0.4) is 0 Å². The molecule has 0 fully saturated rings. The fourth-order valence-electron chi connectivity index (χ4n) is 3.04. The molecule has 0 saturated carbocycles. The number of rotatable bonds is 5. The molecule has 0 spiro atoms. The maximum absolute atomic E-state index is 13.0. The molecule has 0 unspecified atom stereocenters. The number of amides is 1. The molecule has 1 amide bonds. The zero-order chi connectivity index (χ0) is 22.1. The van der Waals surface area contributed by atoms with Gasteiger partial charge in [0.05, 0.1) is 10.7 Å². The molecule has 3 rings (SSSR count). The Balaban J connectivity index is 1.92. The van der Waals surface area contributed by atoms with Gasteiger partial charge in [0.15, 0.2) is 0 Å². The molecule has 156 valence electrons. The number of benzene rings is 3. The summed E-state index contributed by atoms with van der Waals surface area (Å²) in [4.78, 5) is 12.6. The Morgan fingerprint density at radius 1 is 0.800 bits per heavy atom. The van der Waals surface area contributed by atoms with E-state index in [1.165, 1.54) is 18.2 Å². The van der Waals surface area contributed by atoms with Crippen molar-refractivity contribution in [1.29, 1.82) is 0 Å². The van der Waals surface area contributed by atoms with Crippen molar-refractivity contribution in [2.24, 2.45) is 0 Å². The van der Waals surface area contributed by atoms with Crippen LogP contribution in [0.2, 0.25) is 5.02 Å². The zero-order valence-corrected chi connectivity index (χ0v) is 18.8. The van der Waals surface area contributed by atoms with Crippen LogP contribution in [-0.2, 0) is 10.0 Å². The van der Waals surface area contributed by atoms with E-state index in [0.29, 0.717) is 11.4 Å². The van der Waals surface area contributed by atoms with Crippen molar-refractivity contribution in [3.8, 4) is 0 Å². The molecule has 7 heteroatoms. The molecule has 3 aromatic carbocycles. The Morgan fingerprint density at radius 3 is 2.17 bits per heavy atom. The minimum Gasteiger partial charge on any atom is -0.322 e. The van der Waals surface area contributed by atoms with E-state index in [2.05, 4.69) is 10.0 Å². The van der Waals surface area contributed by atoms with Crippen molar-refractivity contribution >= 4 is 38.9 Å². The Labute approximate surface area is 182 Å². The highest BCUT2D eigenvalue weighted by atomic mass is 35.5. The number of anilines is 2. The van der Waals surface area contributed by atoms with E-state index in [-0.39, 0.29) is 15.5 Å². The number of hydrogen-bond acceptors (Lipinski definition) is 3. The summed E-state index contributed by atoms with van der Waals surface area (Å²) in [5.74, 6) is -0.415. The summed E-state index contributed by atoms with van der Waals surface area (Å²) in [7, 11) is -3.99. The molecule has 0 atom stereocenters. The molecule has 5 nitrogen and oxygen atoms in total. The normalized spacial score (nSPS) is 11.2. The average Bonchev–Trinajstić information content (AvgIpc) is 2.67. The van der Waals surface area contributed by atoms with Crippen LogP contribution in [0.15, 0.2) is 59.5 Å². The summed E-state index contributed by atoms with van der Waals surface area (Å²) in [5.41, 5.74) is 5.04. The second kappa shape index (κ2) is 8.50. The van der Waals surface area contributed by atoms with Crippen LogP contribution in [0, 0.1) is 27.7 Å². The van der Waals surface area contributed by atoms with E-state index < -0.39 is 15.9 Å². The van der Waals surface area contributed by atoms with E-state index in [1.807, 2.05) is 58.0 Å². The highest BCUT2D eigenvalue weighted by Crippen LogP contribution is 2.27. The maximum Gasteiger partial charge on any atom is 0.263 e. The van der Waals surface area contributed by atoms with Crippen molar-refractivity contribution in [1.82, 2.24) is 0 Å². The van der Waals surface area contributed by atoms with E-state index in [1.54, 1.807) is 6.07 Å². The predicted octanol–water partition coefficient (Wildman–Crippen LogP) is 5.63. The summed E-state index contributed by atoms with van der Waals surface area (Å²) in [6.07, 6.45) is 0. The molecule has 30 heavy (non-hydrogen) atoms. The fourth-order valence-corrected chi connectivity index (χ4v) is 4.69. The minimum atomic E-state index is -3.99. The molecule has 0 radical (unpaired) electrons. The molecule has 2 N–H and O–H groups in total. The van der Waals surface area contributed by atoms with Gasteiger partial charge in [0.2, 0.25) is 0 Å². The molecule has 0 heterocycles. The summed E-state index contributed by atoms with van der Waals surface area (Å²) in [5, 5.41) is 2.86. The van der Waals surface area contributed by atoms with Crippen LogP contribution in [0.5, 0.6) is 0 Å². The van der Waals surface area contributed by atoms with Gasteiger partial charge in [-0.15, -0.1) is 0 Å². The average molecular weight is 443 g/mol. The lowest BCUT2D eigenvalue weighted by Gasteiger charge is -2.14. The summed E-state index contributed by atoms with van der Waals surface area (Å²) < 4.78 is 28.5. The van der Waals surface area contributed by atoms with E-state index in [9.17, 15) is 13.2 Å². The Morgan fingerprint density at radius 2 is 1.47 bits per heavy atom. The molecule has 0 aliphatic carbocycles. The first-order valence-electron chi connectivity index (χ1n) is 9.35. The molecule has 0 aliphatic rings. The third-order valence-corrected chi connectivity index (χ3v) is 6.60. The molecule has 0 aliphatic heterocycles. The third-order valence-electron chi connectivity index (χ3n) is 4.75. The third kappa shape index (κ3) is 4.83. The van der Waals surface area contributed by atoms with Gasteiger partial charge in [-0.05, 0) is 74.7 Å². The van der Waals surface area contributed by atoms with Crippen LogP contribution in [-0.4, -0.2) is 14.3 Å². The Bertz CT molecular complexity index is 1240. The Hall–Kier alpha value is -2.83. The van der Waals surface area contributed by atoms with E-state index in [4.69, 9.17) is 11.6 Å². The number of halogens is 1. The lowest BCUT2D eigenvalue weighted by molar-refractivity contribution is 0.102. The molecule has 0 saturated heterocycles. The second-order valence-corrected chi connectivity index (χ2v) is 9.40. The SMILES string of the molecule is Cc1ccc(NC(=O)c2ccc(Cl)c(S(=O)(=O)Nc3cc(C)ccc3C)c2)c(C)c1. The largest absolute Gasteiger partial charge is 0.322 e. The zero-order valence-electron chi connectivity index (χ0n) is 17.2. The van der Waals surface area contributed by atoms with Gasteiger partial charge in [-0.1, -0.05) is 41.4 Å². The first-order chi connectivity index (χ1) is 14.1. The van der Waals surface area contributed by atoms with Crippen LogP contribution in [0.25, 0.3) is 0 Å². The molecule has 0 bridgehead atoms. The Kier molecular flexibility index (Phi) is 6.19. The van der Waals surface area contributed by atoms with E-state index in [0.717, 1.165) is 22.3 Å².